The van der Waals surface area contributed by atoms with Crippen molar-refractivity contribution in [3.63, 3.8) is 0 Å². The number of anilines is 1. The molecule has 0 saturated carbocycles. The summed E-state index contributed by atoms with van der Waals surface area (Å²) in [6.07, 6.45) is 2.38. The van der Waals surface area contributed by atoms with Crippen LogP contribution in [-0.4, -0.2) is 39.8 Å². The summed E-state index contributed by atoms with van der Waals surface area (Å²) in [4.78, 5) is 23.8. The van der Waals surface area contributed by atoms with Gasteiger partial charge in [-0.1, -0.05) is 23.4 Å². The van der Waals surface area contributed by atoms with Crippen LogP contribution in [0.15, 0.2) is 35.6 Å². The molecule has 0 atom stereocenters. The summed E-state index contributed by atoms with van der Waals surface area (Å²) < 4.78 is 11.2. The molecule has 1 aliphatic rings. The maximum atomic E-state index is 12.2. The van der Waals surface area contributed by atoms with Gasteiger partial charge in [0.05, 0.1) is 29.5 Å². The van der Waals surface area contributed by atoms with E-state index in [0.29, 0.717) is 46.2 Å². The molecule has 1 amide bonds. The standard InChI is InChI=1S/C17H15ClN4O3S/c18-10-6-12-16(19-8-10)22-17(21-12)26-9-15(23)20-11-2-3-13-14(7-11)25-5-1-4-24-13/h2-3,6-8H,1,4-5,9H2,(H,20,23)(H,19,21,22). The van der Waals surface area contributed by atoms with E-state index in [2.05, 4.69) is 20.3 Å². The monoisotopic (exact) mass is 390 g/mol. The van der Waals surface area contributed by atoms with Crippen molar-refractivity contribution in [2.45, 2.75) is 11.6 Å². The SMILES string of the molecule is O=C(CSc1nc2ncc(Cl)cc2[nH]1)Nc1ccc2c(c1)OCCCO2. The molecular formula is C17H15ClN4O3S. The minimum atomic E-state index is -0.143. The van der Waals surface area contributed by atoms with Gasteiger partial charge in [0.1, 0.15) is 0 Å². The number of nitrogens with one attached hydrogen (secondary N) is 2. The van der Waals surface area contributed by atoms with Gasteiger partial charge < -0.3 is 19.8 Å². The number of H-pyrrole nitrogens is 1. The molecule has 0 spiro atoms. The molecule has 0 aliphatic carbocycles. The van der Waals surface area contributed by atoms with Crippen molar-refractivity contribution >= 4 is 46.1 Å². The fourth-order valence-corrected chi connectivity index (χ4v) is 3.32. The number of nitrogens with zero attached hydrogens (tertiary/aromatic N) is 2. The van der Waals surface area contributed by atoms with Gasteiger partial charge in [0.15, 0.2) is 22.3 Å². The molecule has 0 saturated heterocycles. The number of ether oxygens (including phenoxy) is 2. The number of aromatic nitrogens is 3. The van der Waals surface area contributed by atoms with Crippen molar-refractivity contribution in [3.05, 3.63) is 35.5 Å². The Balaban J connectivity index is 1.38. The van der Waals surface area contributed by atoms with Crippen LogP contribution in [0.25, 0.3) is 11.2 Å². The Morgan fingerprint density at radius 2 is 2.12 bits per heavy atom. The molecule has 0 radical (unpaired) electrons. The molecule has 2 aromatic heterocycles. The number of carbonyl (C=O) groups is 1. The van der Waals surface area contributed by atoms with Crippen LogP contribution < -0.4 is 14.8 Å². The van der Waals surface area contributed by atoms with Crippen molar-refractivity contribution in [2.75, 3.05) is 24.3 Å². The number of benzene rings is 1. The number of aromatic amines is 1. The number of thioether (sulfide) groups is 1. The van der Waals surface area contributed by atoms with Crippen molar-refractivity contribution in [3.8, 4) is 11.5 Å². The normalized spacial score (nSPS) is 13.4. The van der Waals surface area contributed by atoms with E-state index in [0.717, 1.165) is 11.9 Å². The first-order chi connectivity index (χ1) is 12.7. The topological polar surface area (TPSA) is 89.1 Å². The van der Waals surface area contributed by atoms with Crippen LogP contribution in [0.2, 0.25) is 5.02 Å². The summed E-state index contributed by atoms with van der Waals surface area (Å²) in [5.74, 6) is 1.41. The number of carbonyl (C=O) groups excluding carboxylic acids is 1. The van der Waals surface area contributed by atoms with Gasteiger partial charge in [0, 0.05) is 24.4 Å². The van der Waals surface area contributed by atoms with Crippen molar-refractivity contribution in [2.24, 2.45) is 0 Å². The van der Waals surface area contributed by atoms with E-state index >= 15 is 0 Å². The minimum Gasteiger partial charge on any atom is -0.490 e. The lowest BCUT2D eigenvalue weighted by molar-refractivity contribution is -0.113. The van der Waals surface area contributed by atoms with E-state index < -0.39 is 0 Å². The van der Waals surface area contributed by atoms with E-state index in [9.17, 15) is 4.79 Å². The van der Waals surface area contributed by atoms with Crippen molar-refractivity contribution < 1.29 is 14.3 Å². The highest BCUT2D eigenvalue weighted by Crippen LogP contribution is 2.32. The van der Waals surface area contributed by atoms with Gasteiger partial charge in [-0.2, -0.15) is 0 Å². The van der Waals surface area contributed by atoms with Crippen LogP contribution in [0, 0.1) is 0 Å². The van der Waals surface area contributed by atoms with Crippen LogP contribution in [0.1, 0.15) is 6.42 Å². The first-order valence-electron chi connectivity index (χ1n) is 8.01. The summed E-state index contributed by atoms with van der Waals surface area (Å²) in [5, 5.41) is 4.00. The quantitative estimate of drug-likeness (QED) is 0.663. The predicted octanol–water partition coefficient (Wildman–Crippen LogP) is 3.50. The maximum absolute atomic E-state index is 12.2. The Kier molecular flexibility index (Phi) is 4.85. The zero-order chi connectivity index (χ0) is 17.9. The lowest BCUT2D eigenvalue weighted by Crippen LogP contribution is -2.14. The molecule has 26 heavy (non-hydrogen) atoms. The summed E-state index contributed by atoms with van der Waals surface area (Å²) in [5.41, 5.74) is 1.97. The largest absolute Gasteiger partial charge is 0.490 e. The van der Waals surface area contributed by atoms with Gasteiger partial charge in [-0.15, -0.1) is 0 Å². The molecular weight excluding hydrogens is 376 g/mol. The number of rotatable bonds is 4. The molecule has 9 heteroatoms. The Labute approximate surface area is 158 Å². The van der Waals surface area contributed by atoms with Crippen LogP contribution in [0.5, 0.6) is 11.5 Å². The third kappa shape index (κ3) is 3.86. The molecule has 0 bridgehead atoms. The van der Waals surface area contributed by atoms with E-state index in [1.54, 1.807) is 24.3 Å². The van der Waals surface area contributed by atoms with E-state index in [4.69, 9.17) is 21.1 Å². The third-order valence-corrected chi connectivity index (χ3v) is 4.73. The Hall–Kier alpha value is -2.45. The van der Waals surface area contributed by atoms with E-state index in [1.165, 1.54) is 18.0 Å². The maximum Gasteiger partial charge on any atom is 0.234 e. The summed E-state index contributed by atoms with van der Waals surface area (Å²) in [7, 11) is 0. The van der Waals surface area contributed by atoms with Gasteiger partial charge in [-0.05, 0) is 18.2 Å². The second-order valence-corrected chi connectivity index (χ2v) is 7.02. The van der Waals surface area contributed by atoms with Gasteiger partial charge in [-0.25, -0.2) is 9.97 Å². The Morgan fingerprint density at radius 1 is 1.27 bits per heavy atom. The van der Waals surface area contributed by atoms with Crippen LogP contribution >= 0.6 is 23.4 Å². The van der Waals surface area contributed by atoms with E-state index in [1.807, 2.05) is 0 Å². The number of amides is 1. The predicted molar refractivity (Wildman–Crippen MR) is 100 cm³/mol. The van der Waals surface area contributed by atoms with Gasteiger partial charge in [0.25, 0.3) is 0 Å². The zero-order valence-corrected chi connectivity index (χ0v) is 15.2. The Bertz CT molecular complexity index is 962. The highest BCUT2D eigenvalue weighted by atomic mass is 35.5. The summed E-state index contributed by atoms with van der Waals surface area (Å²) in [6.45, 7) is 1.23. The summed E-state index contributed by atoms with van der Waals surface area (Å²) >= 11 is 7.20. The molecule has 7 nitrogen and oxygen atoms in total. The first kappa shape index (κ1) is 17.0. The van der Waals surface area contributed by atoms with Crippen LogP contribution in [0.3, 0.4) is 0 Å². The molecule has 3 aromatic rings. The number of pyridine rings is 1. The first-order valence-corrected chi connectivity index (χ1v) is 9.37. The lowest BCUT2D eigenvalue weighted by Gasteiger charge is -2.10. The Morgan fingerprint density at radius 3 is 3.00 bits per heavy atom. The fourth-order valence-electron chi connectivity index (χ4n) is 2.49. The highest BCUT2D eigenvalue weighted by Gasteiger charge is 2.13. The molecule has 1 aromatic carbocycles. The average molecular weight is 391 g/mol. The molecule has 2 N–H and O–H groups in total. The smallest absolute Gasteiger partial charge is 0.234 e. The second-order valence-electron chi connectivity index (χ2n) is 5.62. The zero-order valence-electron chi connectivity index (χ0n) is 13.6. The fraction of sp³-hybridized carbons (Fsp3) is 0.235. The minimum absolute atomic E-state index is 0.143. The summed E-state index contributed by atoms with van der Waals surface area (Å²) in [6, 6.07) is 7.12. The number of hydrogen-bond donors (Lipinski definition) is 2. The third-order valence-electron chi connectivity index (χ3n) is 3.65. The molecule has 0 fully saturated rings. The lowest BCUT2D eigenvalue weighted by atomic mass is 10.2. The molecule has 0 unspecified atom stereocenters. The van der Waals surface area contributed by atoms with Crippen LogP contribution in [-0.2, 0) is 4.79 Å². The van der Waals surface area contributed by atoms with Crippen molar-refractivity contribution in [1.29, 1.82) is 0 Å². The average Bonchev–Trinajstić information content (AvgIpc) is 2.88. The van der Waals surface area contributed by atoms with Gasteiger partial charge >= 0.3 is 0 Å². The van der Waals surface area contributed by atoms with Gasteiger partial charge in [-0.3, -0.25) is 4.79 Å². The molecule has 1 aliphatic heterocycles. The van der Waals surface area contributed by atoms with Crippen molar-refractivity contribution in [1.82, 2.24) is 15.0 Å². The number of hydrogen-bond acceptors (Lipinski definition) is 6. The highest BCUT2D eigenvalue weighted by molar-refractivity contribution is 7.99. The number of fused-ring (bicyclic) bond motifs is 2. The van der Waals surface area contributed by atoms with Gasteiger partial charge in [0.2, 0.25) is 5.91 Å². The van der Waals surface area contributed by atoms with E-state index in [-0.39, 0.29) is 11.7 Å². The second kappa shape index (κ2) is 7.43. The van der Waals surface area contributed by atoms with Crippen LogP contribution in [0.4, 0.5) is 5.69 Å². The molecule has 3 heterocycles. The number of halogens is 1. The molecule has 4 rings (SSSR count). The molecule has 134 valence electrons. The number of imidazole rings is 1.